The Morgan fingerprint density at radius 3 is 2.26 bits per heavy atom. The molecular weight excluding hydrogens is 485 g/mol. The van der Waals surface area contributed by atoms with E-state index in [1.54, 1.807) is 0 Å². The molecule has 1 atom stereocenters. The maximum atomic E-state index is 14.1. The van der Waals surface area contributed by atoms with Gasteiger partial charge >= 0.3 is 12.0 Å². The molecule has 3 amide bonds. The second-order valence-electron chi connectivity index (χ2n) is 10.8. The minimum absolute atomic E-state index is 0.00748. The van der Waals surface area contributed by atoms with Crippen molar-refractivity contribution in [2.75, 3.05) is 10.6 Å². The summed E-state index contributed by atoms with van der Waals surface area (Å²) in [5, 5.41) is 17.9. The van der Waals surface area contributed by atoms with E-state index in [0.717, 1.165) is 68.2 Å². The zero-order chi connectivity index (χ0) is 27.9. The van der Waals surface area contributed by atoms with Crippen molar-refractivity contribution in [3.63, 3.8) is 0 Å². The van der Waals surface area contributed by atoms with Crippen molar-refractivity contribution >= 4 is 29.3 Å². The molecule has 2 aromatic carbocycles. The predicted molar refractivity (Wildman–Crippen MR) is 148 cm³/mol. The molecule has 8 heteroatoms. The molecule has 1 fully saturated rings. The van der Waals surface area contributed by atoms with E-state index in [9.17, 15) is 23.9 Å². The molecule has 0 aromatic heterocycles. The predicted octanol–water partition coefficient (Wildman–Crippen LogP) is 6.97. The van der Waals surface area contributed by atoms with Gasteiger partial charge < -0.3 is 21.1 Å². The molecule has 0 radical (unpaired) electrons. The Balaban J connectivity index is 1.76. The Kier molecular flexibility index (Phi) is 9.89. The average molecular weight is 526 g/mol. The van der Waals surface area contributed by atoms with Gasteiger partial charge in [-0.2, -0.15) is 0 Å². The highest BCUT2D eigenvalue weighted by Crippen LogP contribution is 2.39. The number of amides is 3. The fraction of sp³-hybridized carbons (Fsp3) is 0.500. The highest BCUT2D eigenvalue weighted by atomic mass is 19.1. The van der Waals surface area contributed by atoms with E-state index in [2.05, 4.69) is 35.0 Å². The topological polar surface area (TPSA) is 108 Å². The third-order valence-electron chi connectivity index (χ3n) is 7.59. The molecule has 2 aromatic rings. The minimum Gasteiger partial charge on any atom is -0.480 e. The third kappa shape index (κ3) is 7.33. The number of aliphatic carboxylic acids is 1. The quantitative estimate of drug-likeness (QED) is 0.251. The monoisotopic (exact) mass is 525 g/mol. The van der Waals surface area contributed by atoms with E-state index >= 15 is 0 Å². The number of hydrogen-bond donors (Lipinski definition) is 4. The Hall–Kier alpha value is -3.42. The lowest BCUT2D eigenvalue weighted by atomic mass is 9.70. The maximum absolute atomic E-state index is 14.1. The lowest BCUT2D eigenvalue weighted by Crippen LogP contribution is -2.52. The molecule has 206 valence electrons. The van der Waals surface area contributed by atoms with E-state index in [0.29, 0.717) is 18.5 Å². The fourth-order valence-corrected chi connectivity index (χ4v) is 5.45. The first-order valence-corrected chi connectivity index (χ1v) is 13.6. The van der Waals surface area contributed by atoms with Crippen molar-refractivity contribution < 1.29 is 23.9 Å². The smallest absolute Gasteiger partial charge is 0.326 e. The molecule has 0 saturated heterocycles. The molecule has 1 aliphatic carbocycles. The van der Waals surface area contributed by atoms with Crippen LogP contribution in [0.2, 0.25) is 0 Å². The Labute approximate surface area is 224 Å². The molecule has 0 spiro atoms. The summed E-state index contributed by atoms with van der Waals surface area (Å²) in [4.78, 5) is 38.2. The van der Waals surface area contributed by atoms with Crippen LogP contribution in [0.4, 0.5) is 20.6 Å². The summed E-state index contributed by atoms with van der Waals surface area (Å²) in [7, 11) is 0. The van der Waals surface area contributed by atoms with Gasteiger partial charge in [0, 0.05) is 5.69 Å². The number of hydrogen-bond acceptors (Lipinski definition) is 3. The molecule has 0 heterocycles. The van der Waals surface area contributed by atoms with Crippen LogP contribution >= 0.6 is 0 Å². The molecule has 7 nitrogen and oxygen atoms in total. The van der Waals surface area contributed by atoms with Crippen molar-refractivity contribution in [1.29, 1.82) is 0 Å². The van der Waals surface area contributed by atoms with Gasteiger partial charge in [-0.05, 0) is 79.8 Å². The molecule has 1 saturated carbocycles. The van der Waals surface area contributed by atoms with Crippen molar-refractivity contribution in [2.24, 2.45) is 5.41 Å². The number of unbranched alkanes of at least 4 members (excludes halogenated alkanes) is 2. The van der Waals surface area contributed by atoms with Gasteiger partial charge in [0.1, 0.15) is 11.9 Å². The second-order valence-corrected chi connectivity index (χ2v) is 10.8. The summed E-state index contributed by atoms with van der Waals surface area (Å²) in [6.07, 6.45) is 8.61. The van der Waals surface area contributed by atoms with E-state index in [1.807, 2.05) is 20.8 Å². The van der Waals surface area contributed by atoms with Crippen LogP contribution in [0.5, 0.6) is 0 Å². The van der Waals surface area contributed by atoms with Crippen LogP contribution in [0.25, 0.3) is 0 Å². The van der Waals surface area contributed by atoms with Gasteiger partial charge in [0.25, 0.3) is 5.91 Å². The van der Waals surface area contributed by atoms with Crippen LogP contribution in [0.3, 0.4) is 0 Å². The van der Waals surface area contributed by atoms with E-state index in [1.165, 1.54) is 11.6 Å². The van der Waals surface area contributed by atoms with Crippen LogP contribution in [-0.2, 0) is 11.2 Å². The van der Waals surface area contributed by atoms with Gasteiger partial charge in [-0.15, -0.1) is 0 Å². The third-order valence-corrected chi connectivity index (χ3v) is 7.59. The van der Waals surface area contributed by atoms with Crippen LogP contribution in [0, 0.1) is 25.1 Å². The Morgan fingerprint density at radius 1 is 1.00 bits per heavy atom. The summed E-state index contributed by atoms with van der Waals surface area (Å²) in [6.45, 7) is 7.88. The fourth-order valence-electron chi connectivity index (χ4n) is 5.45. The molecule has 4 N–H and O–H groups in total. The Bertz CT molecular complexity index is 1150. The summed E-state index contributed by atoms with van der Waals surface area (Å²) in [5.41, 5.74) is 3.06. The van der Waals surface area contributed by atoms with E-state index in [-0.39, 0.29) is 11.3 Å². The minimum atomic E-state index is -1.11. The first-order chi connectivity index (χ1) is 18.0. The van der Waals surface area contributed by atoms with Crippen molar-refractivity contribution in [2.45, 2.75) is 91.5 Å². The summed E-state index contributed by atoms with van der Waals surface area (Å²) in [5.74, 6) is -2.42. The summed E-state index contributed by atoms with van der Waals surface area (Å²) < 4.78 is 14.1. The summed E-state index contributed by atoms with van der Waals surface area (Å²) >= 11 is 0. The van der Waals surface area contributed by atoms with Crippen molar-refractivity contribution in [1.82, 2.24) is 5.32 Å². The molecular formula is C30H40FN3O4. The van der Waals surface area contributed by atoms with E-state index < -0.39 is 35.2 Å². The number of nitrogens with one attached hydrogen (secondary N) is 3. The van der Waals surface area contributed by atoms with Crippen molar-refractivity contribution in [3.05, 3.63) is 58.4 Å². The van der Waals surface area contributed by atoms with Gasteiger partial charge in [-0.1, -0.05) is 58.1 Å². The maximum Gasteiger partial charge on any atom is 0.326 e. The molecule has 0 bridgehead atoms. The van der Waals surface area contributed by atoms with Gasteiger partial charge in [0.2, 0.25) is 0 Å². The molecule has 1 aliphatic rings. The number of anilines is 2. The Morgan fingerprint density at radius 2 is 1.66 bits per heavy atom. The highest BCUT2D eigenvalue weighted by molar-refractivity contribution is 6.07. The zero-order valence-corrected chi connectivity index (χ0v) is 22.9. The number of halogens is 1. The summed E-state index contributed by atoms with van der Waals surface area (Å²) in [6, 6.07) is 5.82. The second kappa shape index (κ2) is 12.9. The van der Waals surface area contributed by atoms with Crippen molar-refractivity contribution in [3.8, 4) is 0 Å². The lowest BCUT2D eigenvalue weighted by molar-refractivity contribution is -0.143. The highest BCUT2D eigenvalue weighted by Gasteiger charge is 2.41. The number of carbonyl (C=O) groups is 3. The molecule has 0 aliphatic heterocycles. The first kappa shape index (κ1) is 29.1. The zero-order valence-electron chi connectivity index (χ0n) is 22.9. The normalized spacial score (nSPS) is 15.4. The largest absolute Gasteiger partial charge is 0.480 e. The average Bonchev–Trinajstić information content (AvgIpc) is 2.85. The van der Waals surface area contributed by atoms with Crippen LogP contribution < -0.4 is 16.0 Å². The van der Waals surface area contributed by atoms with Crippen LogP contribution in [0.15, 0.2) is 30.3 Å². The first-order valence-electron chi connectivity index (χ1n) is 13.6. The molecule has 38 heavy (non-hydrogen) atoms. The lowest BCUT2D eigenvalue weighted by Gasteiger charge is -2.38. The SMILES string of the molecule is CCCCCc1cc(C)c(NC(=O)Nc2cc(F)ccc2C(=O)N[C@H](C(=O)O)C2(C)CCCCC2)c(C)c1. The van der Waals surface area contributed by atoms with Gasteiger partial charge in [-0.25, -0.2) is 14.0 Å². The van der Waals surface area contributed by atoms with Gasteiger partial charge in [0.05, 0.1) is 11.3 Å². The standard InChI is InChI=1S/C30H40FN3O4/c1-5-6-8-11-21-16-19(2)25(20(3)17-21)33-29(38)32-24-18-22(31)12-13-23(24)27(35)34-26(28(36)37)30(4)14-9-7-10-15-30/h12-13,16-18,26H,5-11,14-15H2,1-4H3,(H,34,35)(H,36,37)(H2,32,33,38)/t26-/m1/s1. The van der Waals surface area contributed by atoms with Crippen LogP contribution in [0.1, 0.15) is 92.3 Å². The van der Waals surface area contributed by atoms with Gasteiger partial charge in [-0.3, -0.25) is 4.79 Å². The molecule has 0 unspecified atom stereocenters. The number of urea groups is 1. The van der Waals surface area contributed by atoms with Gasteiger partial charge in [0.15, 0.2) is 0 Å². The number of benzene rings is 2. The number of aryl methyl sites for hydroxylation is 3. The molecule has 3 rings (SSSR count). The number of carboxylic acid groups (broad SMARTS) is 1. The van der Waals surface area contributed by atoms with Crippen LogP contribution in [-0.4, -0.2) is 29.1 Å². The number of rotatable bonds is 10. The number of carboxylic acids is 1. The van der Waals surface area contributed by atoms with E-state index in [4.69, 9.17) is 0 Å². The number of carbonyl (C=O) groups excluding carboxylic acids is 2.